The maximum absolute atomic E-state index is 12.2. The van der Waals surface area contributed by atoms with Gasteiger partial charge in [0.25, 0.3) is 5.56 Å². The van der Waals surface area contributed by atoms with Crippen molar-refractivity contribution in [3.05, 3.63) is 76.5 Å². The predicted molar refractivity (Wildman–Crippen MR) is 88.7 cm³/mol. The van der Waals surface area contributed by atoms with Gasteiger partial charge in [-0.05, 0) is 18.6 Å². The number of carbonyl (C=O) groups excluding carboxylic acids is 1. The molecule has 0 aliphatic heterocycles. The van der Waals surface area contributed by atoms with Crippen LogP contribution in [0.3, 0.4) is 0 Å². The second kappa shape index (κ2) is 6.91. The van der Waals surface area contributed by atoms with E-state index in [0.29, 0.717) is 11.5 Å². The SMILES string of the molecule is CC(C(=O)NCc1cnc(-n2cccn2)[nH]c1=O)c1ccccc1. The first kappa shape index (κ1) is 15.7. The lowest BCUT2D eigenvalue weighted by atomic mass is 10.0. The average molecular weight is 323 g/mol. The molecule has 0 fully saturated rings. The highest BCUT2D eigenvalue weighted by Crippen LogP contribution is 2.14. The fourth-order valence-corrected chi connectivity index (χ4v) is 2.28. The first-order chi connectivity index (χ1) is 11.6. The topological polar surface area (TPSA) is 92.7 Å². The van der Waals surface area contributed by atoms with Crippen molar-refractivity contribution < 1.29 is 4.79 Å². The van der Waals surface area contributed by atoms with Gasteiger partial charge in [-0.1, -0.05) is 30.3 Å². The third kappa shape index (κ3) is 3.40. The number of nitrogens with one attached hydrogen (secondary N) is 2. The van der Waals surface area contributed by atoms with Crippen molar-refractivity contribution in [3.63, 3.8) is 0 Å². The van der Waals surface area contributed by atoms with Crippen LogP contribution in [0.5, 0.6) is 0 Å². The number of rotatable bonds is 5. The van der Waals surface area contributed by atoms with E-state index in [1.807, 2.05) is 37.3 Å². The van der Waals surface area contributed by atoms with Crippen molar-refractivity contribution >= 4 is 5.91 Å². The molecule has 1 amide bonds. The van der Waals surface area contributed by atoms with E-state index < -0.39 is 0 Å². The molecule has 2 aromatic heterocycles. The molecule has 1 unspecified atom stereocenters. The zero-order valence-corrected chi connectivity index (χ0v) is 13.1. The van der Waals surface area contributed by atoms with Crippen LogP contribution in [0.15, 0.2) is 59.8 Å². The first-order valence-corrected chi connectivity index (χ1v) is 7.56. The van der Waals surface area contributed by atoms with E-state index in [-0.39, 0.29) is 23.9 Å². The van der Waals surface area contributed by atoms with Gasteiger partial charge < -0.3 is 5.32 Å². The summed E-state index contributed by atoms with van der Waals surface area (Å²) in [5, 5.41) is 6.77. The van der Waals surface area contributed by atoms with Gasteiger partial charge in [-0.25, -0.2) is 9.67 Å². The third-order valence-corrected chi connectivity index (χ3v) is 3.73. The molecule has 0 spiro atoms. The van der Waals surface area contributed by atoms with Crippen molar-refractivity contribution in [2.75, 3.05) is 0 Å². The number of benzene rings is 1. The molecule has 0 saturated carbocycles. The highest BCUT2D eigenvalue weighted by molar-refractivity contribution is 5.83. The fourth-order valence-electron chi connectivity index (χ4n) is 2.28. The van der Waals surface area contributed by atoms with E-state index >= 15 is 0 Å². The summed E-state index contributed by atoms with van der Waals surface area (Å²) in [6.45, 7) is 1.95. The Bertz CT molecular complexity index is 872. The first-order valence-electron chi connectivity index (χ1n) is 7.56. The molecule has 0 radical (unpaired) electrons. The maximum atomic E-state index is 12.2. The molecule has 2 N–H and O–H groups in total. The lowest BCUT2D eigenvalue weighted by Gasteiger charge is -2.12. The van der Waals surface area contributed by atoms with Crippen molar-refractivity contribution in [1.82, 2.24) is 25.1 Å². The van der Waals surface area contributed by atoms with Crippen LogP contribution >= 0.6 is 0 Å². The summed E-state index contributed by atoms with van der Waals surface area (Å²) in [6.07, 6.45) is 4.73. The molecule has 0 aliphatic rings. The van der Waals surface area contributed by atoms with Gasteiger partial charge >= 0.3 is 0 Å². The van der Waals surface area contributed by atoms with Gasteiger partial charge in [0.15, 0.2) is 0 Å². The molecule has 0 bridgehead atoms. The normalized spacial score (nSPS) is 11.9. The third-order valence-electron chi connectivity index (χ3n) is 3.73. The van der Waals surface area contributed by atoms with Crippen LogP contribution in [0, 0.1) is 0 Å². The Labute approximate surface area is 138 Å². The highest BCUT2D eigenvalue weighted by atomic mass is 16.2. The van der Waals surface area contributed by atoms with Gasteiger partial charge in [0.2, 0.25) is 11.9 Å². The molecule has 24 heavy (non-hydrogen) atoms. The predicted octanol–water partition coefficient (Wildman–Crippen LogP) is 1.38. The smallest absolute Gasteiger partial charge is 0.257 e. The molecule has 122 valence electrons. The molecule has 1 atom stereocenters. The minimum Gasteiger partial charge on any atom is -0.351 e. The van der Waals surface area contributed by atoms with Crippen LogP contribution < -0.4 is 10.9 Å². The van der Waals surface area contributed by atoms with E-state index in [9.17, 15) is 9.59 Å². The van der Waals surface area contributed by atoms with Gasteiger partial charge in [0, 0.05) is 25.1 Å². The Kier molecular flexibility index (Phi) is 4.51. The van der Waals surface area contributed by atoms with Crippen LogP contribution in [-0.4, -0.2) is 25.7 Å². The van der Waals surface area contributed by atoms with Gasteiger partial charge in [-0.15, -0.1) is 0 Å². The summed E-state index contributed by atoms with van der Waals surface area (Å²) >= 11 is 0. The number of carbonyl (C=O) groups is 1. The van der Waals surface area contributed by atoms with Crippen LogP contribution in [0.25, 0.3) is 5.95 Å². The molecule has 3 aromatic rings. The number of aromatic nitrogens is 4. The second-order valence-electron chi connectivity index (χ2n) is 5.36. The van der Waals surface area contributed by atoms with Crippen molar-refractivity contribution in [2.45, 2.75) is 19.4 Å². The van der Waals surface area contributed by atoms with E-state index in [2.05, 4.69) is 20.4 Å². The van der Waals surface area contributed by atoms with Crippen molar-refractivity contribution in [2.24, 2.45) is 0 Å². The summed E-state index contributed by atoms with van der Waals surface area (Å²) in [4.78, 5) is 31.1. The van der Waals surface area contributed by atoms with E-state index in [1.165, 1.54) is 10.9 Å². The van der Waals surface area contributed by atoms with Gasteiger partial charge in [0.1, 0.15) is 0 Å². The number of H-pyrrole nitrogens is 1. The van der Waals surface area contributed by atoms with E-state index in [4.69, 9.17) is 0 Å². The highest BCUT2D eigenvalue weighted by Gasteiger charge is 2.15. The second-order valence-corrected chi connectivity index (χ2v) is 5.36. The average Bonchev–Trinajstić information content (AvgIpc) is 3.15. The number of aromatic amines is 1. The van der Waals surface area contributed by atoms with Crippen molar-refractivity contribution in [1.29, 1.82) is 0 Å². The minimum atomic E-state index is -0.303. The van der Waals surface area contributed by atoms with Crippen LogP contribution in [0.2, 0.25) is 0 Å². The molecular formula is C17H17N5O2. The molecule has 3 rings (SSSR count). The molecule has 1 aromatic carbocycles. The fraction of sp³-hybridized carbons (Fsp3) is 0.176. The number of hydrogen-bond acceptors (Lipinski definition) is 4. The maximum Gasteiger partial charge on any atom is 0.257 e. The zero-order chi connectivity index (χ0) is 16.9. The summed E-state index contributed by atoms with van der Waals surface area (Å²) in [6, 6.07) is 11.2. The largest absolute Gasteiger partial charge is 0.351 e. The quantitative estimate of drug-likeness (QED) is 0.742. The Balaban J connectivity index is 1.66. The van der Waals surface area contributed by atoms with Crippen LogP contribution in [-0.2, 0) is 11.3 Å². The lowest BCUT2D eigenvalue weighted by molar-refractivity contribution is -0.122. The number of nitrogens with zero attached hydrogens (tertiary/aromatic N) is 3. The zero-order valence-electron chi connectivity index (χ0n) is 13.1. The summed E-state index contributed by atoms with van der Waals surface area (Å²) in [5.41, 5.74) is 1.01. The minimum absolute atomic E-state index is 0.123. The Hall–Kier alpha value is -3.22. The Morgan fingerprint density at radius 1 is 1.29 bits per heavy atom. The van der Waals surface area contributed by atoms with Crippen molar-refractivity contribution in [3.8, 4) is 5.95 Å². The van der Waals surface area contributed by atoms with Crippen LogP contribution in [0.4, 0.5) is 0 Å². The van der Waals surface area contributed by atoms with Gasteiger partial charge in [0.05, 0.1) is 11.5 Å². The monoisotopic (exact) mass is 323 g/mol. The van der Waals surface area contributed by atoms with E-state index in [0.717, 1.165) is 5.56 Å². The Morgan fingerprint density at radius 2 is 2.08 bits per heavy atom. The van der Waals surface area contributed by atoms with Gasteiger partial charge in [-0.2, -0.15) is 5.10 Å². The molecular weight excluding hydrogens is 306 g/mol. The van der Waals surface area contributed by atoms with Gasteiger partial charge in [-0.3, -0.25) is 14.6 Å². The number of hydrogen-bond donors (Lipinski definition) is 2. The summed E-state index contributed by atoms with van der Waals surface area (Å²) < 4.78 is 1.46. The molecule has 7 nitrogen and oxygen atoms in total. The number of amides is 1. The molecule has 7 heteroatoms. The summed E-state index contributed by atoms with van der Waals surface area (Å²) in [7, 11) is 0. The molecule has 0 aliphatic carbocycles. The molecule has 2 heterocycles. The van der Waals surface area contributed by atoms with Crippen LogP contribution in [0.1, 0.15) is 24.0 Å². The van der Waals surface area contributed by atoms with E-state index in [1.54, 1.807) is 18.5 Å². The Morgan fingerprint density at radius 3 is 2.75 bits per heavy atom. The standard InChI is InChI=1S/C17H17N5O2/c1-12(13-6-3-2-4-7-13)15(23)18-10-14-11-19-17(21-16(14)24)22-9-5-8-20-22/h2-9,11-12H,10H2,1H3,(H,18,23)(H,19,21,24). The lowest BCUT2D eigenvalue weighted by Crippen LogP contribution is -2.30. The summed E-state index contributed by atoms with van der Waals surface area (Å²) in [5.74, 6) is -0.101. The molecule has 0 saturated heterocycles.